The van der Waals surface area contributed by atoms with Crippen LogP contribution >= 0.6 is 0 Å². The molecule has 0 heterocycles. The first-order valence-electron chi connectivity index (χ1n) is 5.89. The summed E-state index contributed by atoms with van der Waals surface area (Å²) < 4.78 is 0. The van der Waals surface area contributed by atoms with Crippen LogP contribution in [0.5, 0.6) is 0 Å². The molecule has 0 spiro atoms. The van der Waals surface area contributed by atoms with Crippen molar-refractivity contribution in [2.24, 2.45) is 5.92 Å². The number of carbonyl (C=O) groups is 1. The molecule has 0 fully saturated rings. The molecule has 0 aliphatic carbocycles. The van der Waals surface area contributed by atoms with Crippen molar-refractivity contribution in [1.29, 1.82) is 0 Å². The van der Waals surface area contributed by atoms with Crippen molar-refractivity contribution in [3.05, 3.63) is 0 Å². The molecule has 0 saturated carbocycles. The van der Waals surface area contributed by atoms with Crippen LogP contribution in [0, 0.1) is 5.92 Å². The lowest BCUT2D eigenvalue weighted by molar-refractivity contribution is -0.131. The van der Waals surface area contributed by atoms with Gasteiger partial charge in [-0.3, -0.25) is 4.79 Å². The van der Waals surface area contributed by atoms with Gasteiger partial charge in [0, 0.05) is 20.0 Å². The fraction of sp³-hybridized carbons (Fsp3) is 0.917. The number of aliphatic hydroxyl groups excluding tert-OH is 1. The largest absolute Gasteiger partial charge is 0.393 e. The standard InChI is InChI=1S/C12H25NO2/c1-5-6-10(2)9-12(15)13(4)8-7-11(3)14/h10-11,14H,5-9H2,1-4H3. The minimum absolute atomic E-state index is 0.191. The molecule has 0 saturated heterocycles. The van der Waals surface area contributed by atoms with Gasteiger partial charge in [-0.2, -0.15) is 0 Å². The topological polar surface area (TPSA) is 40.5 Å². The molecule has 0 aromatic heterocycles. The molecule has 0 aromatic carbocycles. The third-order valence-corrected chi connectivity index (χ3v) is 2.61. The van der Waals surface area contributed by atoms with Crippen LogP contribution in [-0.4, -0.2) is 35.6 Å². The van der Waals surface area contributed by atoms with E-state index < -0.39 is 0 Å². The summed E-state index contributed by atoms with van der Waals surface area (Å²) in [6, 6.07) is 0. The molecule has 3 heteroatoms. The van der Waals surface area contributed by atoms with Gasteiger partial charge >= 0.3 is 0 Å². The number of amides is 1. The second-order valence-corrected chi connectivity index (χ2v) is 4.55. The maximum atomic E-state index is 11.7. The van der Waals surface area contributed by atoms with Crippen molar-refractivity contribution in [2.45, 2.75) is 52.6 Å². The number of hydrogen-bond acceptors (Lipinski definition) is 2. The Bertz CT molecular complexity index is 180. The van der Waals surface area contributed by atoms with E-state index in [-0.39, 0.29) is 12.0 Å². The Balaban J connectivity index is 3.78. The lowest BCUT2D eigenvalue weighted by Gasteiger charge is -2.20. The lowest BCUT2D eigenvalue weighted by Crippen LogP contribution is -2.30. The van der Waals surface area contributed by atoms with Crippen molar-refractivity contribution < 1.29 is 9.90 Å². The molecule has 0 aliphatic rings. The van der Waals surface area contributed by atoms with E-state index in [1.54, 1.807) is 11.8 Å². The maximum absolute atomic E-state index is 11.7. The van der Waals surface area contributed by atoms with Gasteiger partial charge in [-0.15, -0.1) is 0 Å². The summed E-state index contributed by atoms with van der Waals surface area (Å²) in [6.07, 6.45) is 3.20. The Hall–Kier alpha value is -0.570. The van der Waals surface area contributed by atoms with E-state index in [9.17, 15) is 4.79 Å². The molecule has 1 N–H and O–H groups in total. The van der Waals surface area contributed by atoms with Gasteiger partial charge in [-0.05, 0) is 19.3 Å². The number of hydrogen-bond donors (Lipinski definition) is 1. The third kappa shape index (κ3) is 7.37. The highest BCUT2D eigenvalue weighted by Crippen LogP contribution is 2.11. The molecule has 0 bridgehead atoms. The maximum Gasteiger partial charge on any atom is 0.222 e. The highest BCUT2D eigenvalue weighted by molar-refractivity contribution is 5.76. The van der Waals surface area contributed by atoms with Gasteiger partial charge in [0.25, 0.3) is 0 Å². The zero-order valence-corrected chi connectivity index (χ0v) is 10.5. The van der Waals surface area contributed by atoms with E-state index >= 15 is 0 Å². The van der Waals surface area contributed by atoms with Gasteiger partial charge in [0.05, 0.1) is 6.10 Å². The first kappa shape index (κ1) is 14.4. The predicted molar refractivity (Wildman–Crippen MR) is 62.6 cm³/mol. The van der Waals surface area contributed by atoms with Gasteiger partial charge in [0.15, 0.2) is 0 Å². The van der Waals surface area contributed by atoms with Crippen molar-refractivity contribution >= 4 is 5.91 Å². The molecule has 2 atom stereocenters. The fourth-order valence-corrected chi connectivity index (χ4v) is 1.55. The monoisotopic (exact) mass is 215 g/mol. The van der Waals surface area contributed by atoms with Gasteiger partial charge in [-0.1, -0.05) is 26.7 Å². The number of carbonyl (C=O) groups excluding carboxylic acids is 1. The summed E-state index contributed by atoms with van der Waals surface area (Å²) in [7, 11) is 1.81. The van der Waals surface area contributed by atoms with E-state index in [0.717, 1.165) is 12.8 Å². The second kappa shape index (κ2) is 7.69. The van der Waals surface area contributed by atoms with Gasteiger partial charge in [0.1, 0.15) is 0 Å². The quantitative estimate of drug-likeness (QED) is 0.706. The van der Waals surface area contributed by atoms with Crippen LogP contribution in [0.15, 0.2) is 0 Å². The van der Waals surface area contributed by atoms with Crippen LogP contribution in [0.3, 0.4) is 0 Å². The number of nitrogens with zero attached hydrogens (tertiary/aromatic N) is 1. The average Bonchev–Trinajstić information content (AvgIpc) is 2.14. The molecule has 2 unspecified atom stereocenters. The number of aliphatic hydroxyl groups is 1. The number of rotatable bonds is 7. The van der Waals surface area contributed by atoms with Crippen LogP contribution in [0.25, 0.3) is 0 Å². The highest BCUT2D eigenvalue weighted by atomic mass is 16.3. The zero-order chi connectivity index (χ0) is 11.8. The van der Waals surface area contributed by atoms with E-state index in [2.05, 4.69) is 13.8 Å². The van der Waals surface area contributed by atoms with Gasteiger partial charge in [-0.25, -0.2) is 0 Å². The summed E-state index contributed by atoms with van der Waals surface area (Å²) in [5, 5.41) is 9.11. The summed E-state index contributed by atoms with van der Waals surface area (Å²) in [5.41, 5.74) is 0. The lowest BCUT2D eigenvalue weighted by atomic mass is 10.0. The van der Waals surface area contributed by atoms with Crippen LogP contribution in [0.2, 0.25) is 0 Å². The van der Waals surface area contributed by atoms with Gasteiger partial charge < -0.3 is 10.0 Å². The molecular weight excluding hydrogens is 190 g/mol. The van der Waals surface area contributed by atoms with Crippen LogP contribution in [0.1, 0.15) is 46.5 Å². The van der Waals surface area contributed by atoms with E-state index in [1.165, 1.54) is 0 Å². The third-order valence-electron chi connectivity index (χ3n) is 2.61. The molecule has 0 aromatic rings. The summed E-state index contributed by atoms with van der Waals surface area (Å²) in [6.45, 7) is 6.65. The second-order valence-electron chi connectivity index (χ2n) is 4.55. The van der Waals surface area contributed by atoms with Crippen LogP contribution in [0.4, 0.5) is 0 Å². The highest BCUT2D eigenvalue weighted by Gasteiger charge is 2.13. The van der Waals surface area contributed by atoms with Crippen LogP contribution in [-0.2, 0) is 4.79 Å². The predicted octanol–water partition coefficient (Wildman–Crippen LogP) is 2.04. The van der Waals surface area contributed by atoms with E-state index in [1.807, 2.05) is 7.05 Å². The molecule has 3 nitrogen and oxygen atoms in total. The van der Waals surface area contributed by atoms with Gasteiger partial charge in [0.2, 0.25) is 5.91 Å². The molecule has 0 radical (unpaired) electrons. The van der Waals surface area contributed by atoms with Crippen molar-refractivity contribution in [3.8, 4) is 0 Å². The van der Waals surface area contributed by atoms with E-state index in [0.29, 0.717) is 25.3 Å². The fourth-order valence-electron chi connectivity index (χ4n) is 1.55. The molecule has 0 rings (SSSR count). The molecule has 15 heavy (non-hydrogen) atoms. The first-order valence-corrected chi connectivity index (χ1v) is 5.89. The van der Waals surface area contributed by atoms with Crippen LogP contribution < -0.4 is 0 Å². The first-order chi connectivity index (χ1) is 6.97. The summed E-state index contributed by atoms with van der Waals surface area (Å²) in [4.78, 5) is 13.4. The summed E-state index contributed by atoms with van der Waals surface area (Å²) in [5.74, 6) is 0.660. The Morgan fingerprint density at radius 1 is 1.33 bits per heavy atom. The summed E-state index contributed by atoms with van der Waals surface area (Å²) >= 11 is 0. The Kier molecular flexibility index (Phi) is 7.39. The Morgan fingerprint density at radius 3 is 2.40 bits per heavy atom. The Morgan fingerprint density at radius 2 is 1.93 bits per heavy atom. The van der Waals surface area contributed by atoms with Crippen molar-refractivity contribution in [2.75, 3.05) is 13.6 Å². The average molecular weight is 215 g/mol. The minimum Gasteiger partial charge on any atom is -0.393 e. The Labute approximate surface area is 93.5 Å². The SMILES string of the molecule is CCCC(C)CC(=O)N(C)CCC(C)O. The van der Waals surface area contributed by atoms with Crippen molar-refractivity contribution in [1.82, 2.24) is 4.90 Å². The molecular formula is C12H25NO2. The molecule has 90 valence electrons. The zero-order valence-electron chi connectivity index (χ0n) is 10.5. The van der Waals surface area contributed by atoms with Crippen molar-refractivity contribution in [3.63, 3.8) is 0 Å². The van der Waals surface area contributed by atoms with E-state index in [4.69, 9.17) is 5.11 Å². The minimum atomic E-state index is -0.326. The normalized spacial score (nSPS) is 14.7. The molecule has 1 amide bonds. The molecule has 0 aliphatic heterocycles. The smallest absolute Gasteiger partial charge is 0.222 e.